The van der Waals surface area contributed by atoms with Crippen molar-refractivity contribution in [2.75, 3.05) is 11.9 Å². The number of anilines is 1. The van der Waals surface area contributed by atoms with Crippen LogP contribution in [0.1, 0.15) is 46.2 Å². The topological polar surface area (TPSA) is 79.4 Å². The summed E-state index contributed by atoms with van der Waals surface area (Å²) in [5.74, 6) is -0.871. The van der Waals surface area contributed by atoms with Gasteiger partial charge in [0.15, 0.2) is 0 Å². The van der Waals surface area contributed by atoms with Crippen LogP contribution in [0.5, 0.6) is 0 Å². The summed E-state index contributed by atoms with van der Waals surface area (Å²) >= 11 is 0. The molecule has 25 heavy (non-hydrogen) atoms. The van der Waals surface area contributed by atoms with E-state index in [1.165, 1.54) is 6.20 Å². The SMILES string of the molecule is CCc1cccc(NC(=O)CCCN2C(=O)c3cccnc3C2=O)c1. The number of aromatic nitrogens is 1. The Labute approximate surface area is 145 Å². The van der Waals surface area contributed by atoms with Crippen LogP contribution in [0.15, 0.2) is 42.6 Å². The molecule has 6 heteroatoms. The Balaban J connectivity index is 1.52. The second-order valence-electron chi connectivity index (χ2n) is 5.87. The summed E-state index contributed by atoms with van der Waals surface area (Å²) in [5, 5.41) is 2.84. The van der Waals surface area contributed by atoms with Crippen molar-refractivity contribution in [2.24, 2.45) is 0 Å². The van der Waals surface area contributed by atoms with E-state index in [1.807, 2.05) is 24.3 Å². The van der Waals surface area contributed by atoms with Gasteiger partial charge in [0.1, 0.15) is 5.69 Å². The first kappa shape index (κ1) is 16.8. The molecule has 1 aliphatic heterocycles. The zero-order chi connectivity index (χ0) is 17.8. The minimum Gasteiger partial charge on any atom is -0.326 e. The van der Waals surface area contributed by atoms with Crippen LogP contribution < -0.4 is 5.32 Å². The van der Waals surface area contributed by atoms with Crippen molar-refractivity contribution in [3.8, 4) is 0 Å². The van der Waals surface area contributed by atoms with E-state index in [-0.39, 0.29) is 30.5 Å². The normalized spacial score (nSPS) is 13.1. The number of hydrogen-bond acceptors (Lipinski definition) is 4. The number of fused-ring (bicyclic) bond motifs is 1. The van der Waals surface area contributed by atoms with Gasteiger partial charge in [-0.15, -0.1) is 0 Å². The number of pyridine rings is 1. The van der Waals surface area contributed by atoms with Crippen molar-refractivity contribution in [1.82, 2.24) is 9.88 Å². The molecule has 1 aliphatic rings. The Kier molecular flexibility index (Phi) is 4.88. The predicted octanol–water partition coefficient (Wildman–Crippen LogP) is 2.66. The largest absolute Gasteiger partial charge is 0.326 e. The van der Waals surface area contributed by atoms with Gasteiger partial charge < -0.3 is 5.32 Å². The molecule has 0 aliphatic carbocycles. The number of rotatable bonds is 6. The Bertz CT molecular complexity index is 797. The number of amides is 3. The lowest BCUT2D eigenvalue weighted by Gasteiger charge is -2.13. The van der Waals surface area contributed by atoms with E-state index in [2.05, 4.69) is 17.2 Å². The molecule has 0 atom stereocenters. The van der Waals surface area contributed by atoms with Crippen molar-refractivity contribution in [3.63, 3.8) is 0 Å². The van der Waals surface area contributed by atoms with Crippen LogP contribution in [0.4, 0.5) is 5.69 Å². The molecular weight excluding hydrogens is 318 g/mol. The van der Waals surface area contributed by atoms with Gasteiger partial charge in [0.25, 0.3) is 11.8 Å². The quantitative estimate of drug-likeness (QED) is 0.822. The molecule has 2 heterocycles. The maximum atomic E-state index is 12.2. The molecule has 2 aromatic rings. The third-order valence-corrected chi connectivity index (χ3v) is 4.14. The summed E-state index contributed by atoms with van der Waals surface area (Å²) in [6.45, 7) is 2.26. The smallest absolute Gasteiger partial charge is 0.280 e. The van der Waals surface area contributed by atoms with E-state index in [4.69, 9.17) is 0 Å². The summed E-state index contributed by atoms with van der Waals surface area (Å²) in [6, 6.07) is 10.9. The number of hydrogen-bond donors (Lipinski definition) is 1. The first-order valence-electron chi connectivity index (χ1n) is 8.30. The molecule has 0 unspecified atom stereocenters. The molecule has 0 fully saturated rings. The highest BCUT2D eigenvalue weighted by molar-refractivity contribution is 6.20. The Morgan fingerprint density at radius 3 is 2.76 bits per heavy atom. The highest BCUT2D eigenvalue weighted by Gasteiger charge is 2.36. The lowest BCUT2D eigenvalue weighted by atomic mass is 10.1. The third kappa shape index (κ3) is 3.57. The first-order valence-corrected chi connectivity index (χ1v) is 8.30. The summed E-state index contributed by atoms with van der Waals surface area (Å²) < 4.78 is 0. The van der Waals surface area contributed by atoms with E-state index >= 15 is 0 Å². The molecule has 128 valence electrons. The second-order valence-corrected chi connectivity index (χ2v) is 5.87. The Hall–Kier alpha value is -3.02. The number of nitrogens with zero attached hydrogens (tertiary/aromatic N) is 2. The molecule has 0 bridgehead atoms. The summed E-state index contributed by atoms with van der Waals surface area (Å²) in [4.78, 5) is 41.6. The van der Waals surface area contributed by atoms with Crippen molar-refractivity contribution >= 4 is 23.4 Å². The fraction of sp³-hybridized carbons (Fsp3) is 0.263. The van der Waals surface area contributed by atoms with Gasteiger partial charge in [-0.3, -0.25) is 24.3 Å². The fourth-order valence-corrected chi connectivity index (χ4v) is 2.81. The van der Waals surface area contributed by atoms with E-state index in [0.29, 0.717) is 12.0 Å². The van der Waals surface area contributed by atoms with Crippen molar-refractivity contribution in [3.05, 3.63) is 59.4 Å². The maximum absolute atomic E-state index is 12.2. The summed E-state index contributed by atoms with van der Waals surface area (Å²) in [7, 11) is 0. The van der Waals surface area contributed by atoms with Crippen molar-refractivity contribution < 1.29 is 14.4 Å². The van der Waals surface area contributed by atoms with Gasteiger partial charge in [0.2, 0.25) is 5.91 Å². The number of benzene rings is 1. The number of imide groups is 1. The lowest BCUT2D eigenvalue weighted by molar-refractivity contribution is -0.116. The Morgan fingerprint density at radius 2 is 2.00 bits per heavy atom. The van der Waals surface area contributed by atoms with Gasteiger partial charge in [0, 0.05) is 24.8 Å². The molecule has 1 N–H and O–H groups in total. The van der Waals surface area contributed by atoms with Crippen molar-refractivity contribution in [2.45, 2.75) is 26.2 Å². The van der Waals surface area contributed by atoms with Crippen LogP contribution in [0.25, 0.3) is 0 Å². The summed E-state index contributed by atoms with van der Waals surface area (Å²) in [6.07, 6.45) is 3.03. The van der Waals surface area contributed by atoms with Gasteiger partial charge in [0.05, 0.1) is 5.56 Å². The average Bonchev–Trinajstić information content (AvgIpc) is 2.87. The van der Waals surface area contributed by atoms with Crippen LogP contribution >= 0.6 is 0 Å². The molecule has 0 spiro atoms. The molecular formula is C19H19N3O3. The molecule has 0 saturated carbocycles. The van der Waals surface area contributed by atoms with E-state index in [9.17, 15) is 14.4 Å². The van der Waals surface area contributed by atoms with Crippen LogP contribution in [0.3, 0.4) is 0 Å². The third-order valence-electron chi connectivity index (χ3n) is 4.14. The van der Waals surface area contributed by atoms with Gasteiger partial charge in [-0.1, -0.05) is 19.1 Å². The molecule has 0 saturated heterocycles. The van der Waals surface area contributed by atoms with Crippen LogP contribution in [0, 0.1) is 0 Å². The van der Waals surface area contributed by atoms with Gasteiger partial charge in [-0.05, 0) is 42.7 Å². The van der Waals surface area contributed by atoms with E-state index in [1.54, 1.807) is 12.1 Å². The van der Waals surface area contributed by atoms with Gasteiger partial charge in [-0.2, -0.15) is 0 Å². The molecule has 6 nitrogen and oxygen atoms in total. The minimum atomic E-state index is -0.392. The van der Waals surface area contributed by atoms with Crippen LogP contribution in [0.2, 0.25) is 0 Å². The lowest BCUT2D eigenvalue weighted by Crippen LogP contribution is -2.31. The number of aryl methyl sites for hydroxylation is 1. The maximum Gasteiger partial charge on any atom is 0.280 e. The van der Waals surface area contributed by atoms with Crippen molar-refractivity contribution in [1.29, 1.82) is 0 Å². The zero-order valence-electron chi connectivity index (χ0n) is 14.0. The Morgan fingerprint density at radius 1 is 1.16 bits per heavy atom. The fourth-order valence-electron chi connectivity index (χ4n) is 2.81. The minimum absolute atomic E-state index is 0.136. The number of carbonyl (C=O) groups excluding carboxylic acids is 3. The standard InChI is InChI=1S/C19H19N3O3/c1-2-13-6-3-7-14(12-13)21-16(23)9-5-11-22-18(24)15-8-4-10-20-17(15)19(22)25/h3-4,6-8,10,12H,2,5,9,11H2,1H3,(H,21,23). The predicted molar refractivity (Wildman–Crippen MR) is 93.3 cm³/mol. The second kappa shape index (κ2) is 7.25. The van der Waals surface area contributed by atoms with Gasteiger partial charge >= 0.3 is 0 Å². The molecule has 0 radical (unpaired) electrons. The van der Waals surface area contributed by atoms with Crippen LogP contribution in [-0.4, -0.2) is 34.2 Å². The highest BCUT2D eigenvalue weighted by atomic mass is 16.2. The first-order chi connectivity index (χ1) is 12.1. The van der Waals surface area contributed by atoms with Gasteiger partial charge in [-0.25, -0.2) is 0 Å². The molecule has 1 aromatic carbocycles. The average molecular weight is 337 g/mol. The van der Waals surface area contributed by atoms with Crippen LogP contribution in [-0.2, 0) is 11.2 Å². The highest BCUT2D eigenvalue weighted by Crippen LogP contribution is 2.20. The summed E-state index contributed by atoms with van der Waals surface area (Å²) in [5.41, 5.74) is 2.42. The zero-order valence-corrected chi connectivity index (χ0v) is 14.0. The molecule has 3 amide bonds. The molecule has 3 rings (SSSR count). The number of carbonyl (C=O) groups is 3. The monoisotopic (exact) mass is 337 g/mol. The van der Waals surface area contributed by atoms with E-state index in [0.717, 1.165) is 22.6 Å². The molecule has 1 aromatic heterocycles. The van der Waals surface area contributed by atoms with E-state index < -0.39 is 5.91 Å². The number of nitrogens with one attached hydrogen (secondary N) is 1.